The molecule has 1 heterocycles. The summed E-state index contributed by atoms with van der Waals surface area (Å²) in [6, 6.07) is 14.1. The number of amides is 5. The number of aliphatic carboxylic acids is 2. The number of urea groups is 1. The van der Waals surface area contributed by atoms with Gasteiger partial charge >= 0.3 is 18.0 Å². The summed E-state index contributed by atoms with van der Waals surface area (Å²) in [5.74, 6) is -5.54. The SMILES string of the molecule is CC(=O)O.CC(C)(C)OC(=O)C(NC(=O)CC(NC(=O)CNC(=O)c1csc(NC(=O)NCc2ccccc2)n1)C(=O)O)c1ccccc1. The van der Waals surface area contributed by atoms with Crippen molar-refractivity contribution in [3.8, 4) is 0 Å². The van der Waals surface area contributed by atoms with Crippen LogP contribution in [0.3, 0.4) is 0 Å². The molecular formula is C32H38N6O10S. The molecule has 0 bridgehead atoms. The normalized spacial score (nSPS) is 11.7. The van der Waals surface area contributed by atoms with Crippen LogP contribution in [0.1, 0.15) is 61.8 Å². The number of carboxylic acids is 2. The molecule has 262 valence electrons. The number of thiazole rings is 1. The second kappa shape index (κ2) is 19.1. The van der Waals surface area contributed by atoms with E-state index in [0.717, 1.165) is 23.8 Å². The number of hydrogen-bond acceptors (Lipinski definition) is 10. The Kier molecular flexibility index (Phi) is 15.3. The summed E-state index contributed by atoms with van der Waals surface area (Å²) in [6.07, 6.45) is -0.700. The molecule has 2 unspecified atom stereocenters. The first-order valence-corrected chi connectivity index (χ1v) is 15.5. The summed E-state index contributed by atoms with van der Waals surface area (Å²) in [4.78, 5) is 87.5. The van der Waals surface area contributed by atoms with E-state index >= 15 is 0 Å². The molecular weight excluding hydrogens is 660 g/mol. The van der Waals surface area contributed by atoms with Crippen LogP contribution in [0.25, 0.3) is 0 Å². The Morgan fingerprint density at radius 2 is 1.45 bits per heavy atom. The van der Waals surface area contributed by atoms with E-state index in [-0.39, 0.29) is 17.4 Å². The minimum absolute atomic E-state index is 0.0746. The molecule has 0 saturated carbocycles. The number of rotatable bonds is 13. The first kappa shape index (κ1) is 39.3. The molecule has 0 saturated heterocycles. The van der Waals surface area contributed by atoms with Crippen LogP contribution in [-0.4, -0.2) is 75.0 Å². The second-order valence-electron chi connectivity index (χ2n) is 11.1. The third-order valence-electron chi connectivity index (χ3n) is 5.77. The number of carbonyl (C=O) groups is 7. The number of anilines is 1. The van der Waals surface area contributed by atoms with Crippen molar-refractivity contribution < 1.29 is 48.5 Å². The third kappa shape index (κ3) is 15.5. The van der Waals surface area contributed by atoms with Gasteiger partial charge in [-0.2, -0.15) is 0 Å². The van der Waals surface area contributed by atoms with Crippen LogP contribution >= 0.6 is 11.3 Å². The minimum atomic E-state index is -1.66. The van der Waals surface area contributed by atoms with Gasteiger partial charge in [0.1, 0.15) is 17.3 Å². The Hall–Kier alpha value is -5.84. The third-order valence-corrected chi connectivity index (χ3v) is 6.52. The van der Waals surface area contributed by atoms with Gasteiger partial charge in [0.25, 0.3) is 11.9 Å². The van der Waals surface area contributed by atoms with E-state index in [0.29, 0.717) is 5.56 Å². The van der Waals surface area contributed by atoms with Crippen molar-refractivity contribution in [1.29, 1.82) is 0 Å². The lowest BCUT2D eigenvalue weighted by Gasteiger charge is -2.25. The Morgan fingerprint density at radius 1 is 0.857 bits per heavy atom. The maximum absolute atomic E-state index is 12.8. The molecule has 3 aromatic rings. The van der Waals surface area contributed by atoms with Gasteiger partial charge in [0, 0.05) is 18.8 Å². The maximum atomic E-state index is 12.8. The van der Waals surface area contributed by atoms with Gasteiger partial charge in [0.05, 0.1) is 13.0 Å². The maximum Gasteiger partial charge on any atom is 0.333 e. The largest absolute Gasteiger partial charge is 0.481 e. The molecule has 7 N–H and O–H groups in total. The number of nitrogens with one attached hydrogen (secondary N) is 5. The molecule has 3 rings (SSSR count). The lowest BCUT2D eigenvalue weighted by atomic mass is 10.1. The van der Waals surface area contributed by atoms with Gasteiger partial charge in [0.15, 0.2) is 11.2 Å². The summed E-state index contributed by atoms with van der Waals surface area (Å²) in [5.41, 5.74) is 0.402. The molecule has 0 aliphatic heterocycles. The fourth-order valence-corrected chi connectivity index (χ4v) is 4.43. The van der Waals surface area contributed by atoms with Gasteiger partial charge in [-0.15, -0.1) is 11.3 Å². The molecule has 49 heavy (non-hydrogen) atoms. The summed E-state index contributed by atoms with van der Waals surface area (Å²) in [7, 11) is 0. The number of ether oxygens (including phenoxy) is 1. The number of hydrogen-bond donors (Lipinski definition) is 7. The van der Waals surface area contributed by atoms with Crippen molar-refractivity contribution in [3.05, 3.63) is 82.9 Å². The van der Waals surface area contributed by atoms with Gasteiger partial charge in [-0.1, -0.05) is 60.7 Å². The summed E-state index contributed by atoms with van der Waals surface area (Å²) >= 11 is 0.992. The quantitative estimate of drug-likeness (QED) is 0.128. The van der Waals surface area contributed by atoms with Crippen LogP contribution in [0.15, 0.2) is 66.0 Å². The molecule has 0 fully saturated rings. The van der Waals surface area contributed by atoms with Crippen LogP contribution in [-0.2, 0) is 35.3 Å². The van der Waals surface area contributed by atoms with Gasteiger partial charge in [-0.3, -0.25) is 24.5 Å². The van der Waals surface area contributed by atoms with Crippen molar-refractivity contribution in [3.63, 3.8) is 0 Å². The summed E-state index contributed by atoms with van der Waals surface area (Å²) in [5, 5.41) is 30.7. The van der Waals surface area contributed by atoms with E-state index in [2.05, 4.69) is 31.6 Å². The highest BCUT2D eigenvalue weighted by atomic mass is 32.1. The highest BCUT2D eigenvalue weighted by molar-refractivity contribution is 7.14. The number of carboxylic acid groups (broad SMARTS) is 2. The molecule has 17 heteroatoms. The van der Waals surface area contributed by atoms with Gasteiger partial charge in [-0.05, 0) is 31.9 Å². The molecule has 0 radical (unpaired) electrons. The molecule has 0 spiro atoms. The Labute approximate surface area is 285 Å². The smallest absolute Gasteiger partial charge is 0.333 e. The van der Waals surface area contributed by atoms with Crippen LogP contribution in [0.4, 0.5) is 9.93 Å². The number of carbonyl (C=O) groups excluding carboxylic acids is 5. The lowest BCUT2D eigenvalue weighted by molar-refractivity contribution is -0.159. The van der Waals surface area contributed by atoms with Crippen molar-refractivity contribution >= 4 is 58.1 Å². The molecule has 16 nitrogen and oxygen atoms in total. The van der Waals surface area contributed by atoms with Crippen LogP contribution in [0, 0.1) is 0 Å². The zero-order chi connectivity index (χ0) is 36.6. The monoisotopic (exact) mass is 698 g/mol. The zero-order valence-electron chi connectivity index (χ0n) is 27.1. The van der Waals surface area contributed by atoms with E-state index in [4.69, 9.17) is 14.6 Å². The minimum Gasteiger partial charge on any atom is -0.481 e. The predicted molar refractivity (Wildman–Crippen MR) is 177 cm³/mol. The van der Waals surface area contributed by atoms with Crippen molar-refractivity contribution in [2.24, 2.45) is 0 Å². The lowest BCUT2D eigenvalue weighted by Crippen LogP contribution is -2.48. The first-order chi connectivity index (χ1) is 23.0. The van der Waals surface area contributed by atoms with E-state index < -0.39 is 72.3 Å². The van der Waals surface area contributed by atoms with Gasteiger partial charge < -0.3 is 36.2 Å². The van der Waals surface area contributed by atoms with E-state index in [1.54, 1.807) is 51.1 Å². The van der Waals surface area contributed by atoms with Crippen molar-refractivity contribution in [2.75, 3.05) is 11.9 Å². The number of aromatic nitrogens is 1. The molecule has 0 aliphatic carbocycles. The Bertz CT molecular complexity index is 1610. The Morgan fingerprint density at radius 3 is 2.02 bits per heavy atom. The summed E-state index contributed by atoms with van der Waals surface area (Å²) in [6.45, 7) is 5.75. The fraction of sp³-hybridized carbons (Fsp3) is 0.312. The number of nitrogens with zero attached hydrogens (tertiary/aromatic N) is 1. The van der Waals surface area contributed by atoms with E-state index in [1.165, 1.54) is 5.38 Å². The number of benzene rings is 2. The second-order valence-corrected chi connectivity index (χ2v) is 12.0. The number of esters is 1. The Balaban J connectivity index is 0.00000197. The molecule has 5 amide bonds. The fourth-order valence-electron chi connectivity index (χ4n) is 3.74. The standard InChI is InChI=1S/C30H34N6O8S.C2H4O2/c1-30(2,3)44-27(42)24(19-12-8-5-9-13-19)35-22(37)14-20(26(40)41)33-23(38)16-31-25(39)21-17-45-29(34-21)36-28(43)32-15-18-10-6-4-7-11-18;1-2(3)4/h4-13,17,20,24H,14-16H2,1-3H3,(H,31,39)(H,33,38)(H,35,37)(H,40,41)(H2,32,34,36,43);1H3,(H,3,4). The van der Waals surface area contributed by atoms with E-state index in [9.17, 15) is 33.9 Å². The topological polar surface area (TPSA) is 242 Å². The predicted octanol–water partition coefficient (Wildman–Crippen LogP) is 2.44. The average Bonchev–Trinajstić information content (AvgIpc) is 3.49. The van der Waals surface area contributed by atoms with Crippen LogP contribution in [0.2, 0.25) is 0 Å². The highest BCUT2D eigenvalue weighted by Crippen LogP contribution is 2.19. The first-order valence-electron chi connectivity index (χ1n) is 14.7. The van der Waals surface area contributed by atoms with Crippen LogP contribution in [0.5, 0.6) is 0 Å². The van der Waals surface area contributed by atoms with E-state index in [1.807, 2.05) is 30.3 Å². The molecule has 2 atom stereocenters. The molecule has 1 aromatic heterocycles. The summed E-state index contributed by atoms with van der Waals surface area (Å²) < 4.78 is 5.40. The molecule has 0 aliphatic rings. The van der Waals surface area contributed by atoms with Crippen molar-refractivity contribution in [2.45, 2.75) is 58.3 Å². The molecule has 2 aromatic carbocycles. The van der Waals surface area contributed by atoms with Crippen molar-refractivity contribution in [1.82, 2.24) is 26.3 Å². The van der Waals surface area contributed by atoms with Gasteiger partial charge in [-0.25, -0.2) is 19.4 Å². The zero-order valence-corrected chi connectivity index (χ0v) is 28.0. The average molecular weight is 699 g/mol. The van der Waals surface area contributed by atoms with Gasteiger partial charge in [0.2, 0.25) is 11.8 Å². The van der Waals surface area contributed by atoms with Crippen LogP contribution < -0.4 is 26.6 Å². The highest BCUT2D eigenvalue weighted by Gasteiger charge is 2.30.